The first kappa shape index (κ1) is 19.1. The van der Waals surface area contributed by atoms with E-state index in [1.807, 2.05) is 7.05 Å². The van der Waals surface area contributed by atoms with Crippen molar-refractivity contribution < 1.29 is 4.79 Å². The summed E-state index contributed by atoms with van der Waals surface area (Å²) in [6.07, 6.45) is 7.28. The van der Waals surface area contributed by atoms with E-state index in [0.717, 1.165) is 44.7 Å². The van der Waals surface area contributed by atoms with Gasteiger partial charge in [-0.25, -0.2) is 15.0 Å². The van der Waals surface area contributed by atoms with Crippen LogP contribution in [0.15, 0.2) is 30.6 Å². The van der Waals surface area contributed by atoms with Crippen molar-refractivity contribution in [2.24, 2.45) is 13.0 Å². The molecule has 1 aliphatic heterocycles. The highest BCUT2D eigenvalue weighted by molar-refractivity contribution is 5.96. The Bertz CT molecular complexity index is 1410. The number of aromatic nitrogens is 5. The topological polar surface area (TPSA) is 80.9 Å². The number of hydrogen-bond donors (Lipinski definition) is 1. The van der Waals surface area contributed by atoms with Crippen molar-refractivity contribution in [1.29, 1.82) is 0 Å². The van der Waals surface area contributed by atoms with Crippen molar-refractivity contribution in [2.45, 2.75) is 38.1 Å². The van der Waals surface area contributed by atoms with Crippen LogP contribution < -0.4 is 10.2 Å². The number of nitrogens with zero attached hydrogens (tertiary/aromatic N) is 6. The summed E-state index contributed by atoms with van der Waals surface area (Å²) in [4.78, 5) is 28.7. The Morgan fingerprint density at radius 1 is 1.12 bits per heavy atom. The molecule has 3 aliphatic rings. The molecule has 1 saturated heterocycles. The van der Waals surface area contributed by atoms with E-state index in [1.54, 1.807) is 10.9 Å². The second-order valence-electron chi connectivity index (χ2n) is 9.72. The largest absolute Gasteiger partial charge is 0.355 e. The average molecular weight is 442 g/mol. The zero-order valence-electron chi connectivity index (χ0n) is 18.8. The van der Waals surface area contributed by atoms with Crippen molar-refractivity contribution >= 4 is 33.8 Å². The molecule has 33 heavy (non-hydrogen) atoms. The molecule has 7 rings (SSSR count). The van der Waals surface area contributed by atoms with E-state index < -0.39 is 0 Å². The predicted octanol–water partition coefficient (Wildman–Crippen LogP) is 3.20. The number of carbonyl (C=O) groups excluding carboxylic acids is 1. The third kappa shape index (κ3) is 3.03. The molecular weight excluding hydrogens is 414 g/mol. The summed E-state index contributed by atoms with van der Waals surface area (Å²) >= 11 is 0. The molecule has 3 aromatic heterocycles. The minimum Gasteiger partial charge on any atom is -0.355 e. The maximum atomic E-state index is 12.7. The summed E-state index contributed by atoms with van der Waals surface area (Å²) in [7, 11) is 1.86. The highest BCUT2D eigenvalue weighted by Gasteiger charge is 2.33. The molecule has 1 aromatic carbocycles. The molecule has 0 bridgehead atoms. The second kappa shape index (κ2) is 7.04. The lowest BCUT2D eigenvalue weighted by atomic mass is 10.0. The molecule has 8 heteroatoms. The van der Waals surface area contributed by atoms with Gasteiger partial charge in [0, 0.05) is 55.7 Å². The lowest BCUT2D eigenvalue weighted by molar-refractivity contribution is 0.0939. The number of rotatable bonds is 5. The lowest BCUT2D eigenvalue weighted by Gasteiger charge is -2.34. The van der Waals surface area contributed by atoms with E-state index in [0.29, 0.717) is 28.9 Å². The van der Waals surface area contributed by atoms with E-state index >= 15 is 0 Å². The molecule has 0 unspecified atom stereocenters. The van der Waals surface area contributed by atoms with E-state index in [1.165, 1.54) is 35.0 Å². The van der Waals surface area contributed by atoms with Crippen LogP contribution in [0.2, 0.25) is 0 Å². The fraction of sp³-hybridized carbons (Fsp3) is 0.440. The Balaban J connectivity index is 1.14. The molecular formula is C25H27N7O. The van der Waals surface area contributed by atoms with Crippen molar-refractivity contribution in [1.82, 2.24) is 29.4 Å². The van der Waals surface area contributed by atoms with E-state index in [2.05, 4.69) is 49.0 Å². The normalized spacial score (nSPS) is 18.2. The zero-order valence-corrected chi connectivity index (χ0v) is 18.8. The number of hydrogen-bond acceptors (Lipinski definition) is 5. The lowest BCUT2D eigenvalue weighted by Crippen LogP contribution is -2.35. The standard InChI is InChI=1S/C25H27N7O/c1-30-22-21(29-24(30)25(33)26-13-15-6-7-15)23(28-14-27-22)31-10-8-16(9-11-31)32-19-5-3-2-4-17(19)18-12-20(18)32/h2-5,14-16H,6-13H2,1H3,(H,26,33). The van der Waals surface area contributed by atoms with E-state index in [9.17, 15) is 4.79 Å². The van der Waals surface area contributed by atoms with Gasteiger partial charge in [0.25, 0.3) is 5.91 Å². The van der Waals surface area contributed by atoms with E-state index in [-0.39, 0.29) is 5.91 Å². The van der Waals surface area contributed by atoms with Crippen molar-refractivity contribution in [2.75, 3.05) is 24.5 Å². The zero-order chi connectivity index (χ0) is 22.1. The van der Waals surface area contributed by atoms with Crippen LogP contribution in [0.5, 0.6) is 0 Å². The van der Waals surface area contributed by atoms with Crippen LogP contribution in [0, 0.1) is 5.92 Å². The monoisotopic (exact) mass is 441 g/mol. The molecule has 0 radical (unpaired) electrons. The van der Waals surface area contributed by atoms with Crippen LogP contribution in [0.3, 0.4) is 0 Å². The number of para-hydroxylation sites is 1. The van der Waals surface area contributed by atoms with Crippen molar-refractivity contribution in [3.63, 3.8) is 0 Å². The summed E-state index contributed by atoms with van der Waals surface area (Å²) in [6.45, 7) is 2.56. The Kier molecular flexibility index (Phi) is 4.07. The van der Waals surface area contributed by atoms with Gasteiger partial charge in [-0.3, -0.25) is 4.79 Å². The van der Waals surface area contributed by atoms with Gasteiger partial charge in [0.15, 0.2) is 17.0 Å². The van der Waals surface area contributed by atoms with Gasteiger partial charge in [0.1, 0.15) is 6.33 Å². The summed E-state index contributed by atoms with van der Waals surface area (Å²) in [5.74, 6) is 1.74. The molecule has 168 valence electrons. The van der Waals surface area contributed by atoms with E-state index in [4.69, 9.17) is 4.98 Å². The average Bonchev–Trinajstić information content (AvgIpc) is 3.77. The summed E-state index contributed by atoms with van der Waals surface area (Å²) < 4.78 is 4.37. The van der Waals surface area contributed by atoms with Crippen LogP contribution in [-0.4, -0.2) is 49.6 Å². The Hall–Kier alpha value is -3.42. The quantitative estimate of drug-likeness (QED) is 0.453. The Morgan fingerprint density at radius 2 is 1.94 bits per heavy atom. The van der Waals surface area contributed by atoms with Gasteiger partial charge in [0.2, 0.25) is 5.82 Å². The van der Waals surface area contributed by atoms with Gasteiger partial charge in [-0.2, -0.15) is 0 Å². The molecule has 0 atom stereocenters. The summed E-state index contributed by atoms with van der Waals surface area (Å²) in [6, 6.07) is 9.31. The predicted molar refractivity (Wildman–Crippen MR) is 127 cm³/mol. The van der Waals surface area contributed by atoms with Crippen LogP contribution in [0.25, 0.3) is 22.1 Å². The summed E-state index contributed by atoms with van der Waals surface area (Å²) in [5, 5.41) is 4.45. The number of carbonyl (C=O) groups is 1. The number of anilines is 1. The first-order valence-corrected chi connectivity index (χ1v) is 12.0. The number of piperidine rings is 1. The fourth-order valence-corrected chi connectivity index (χ4v) is 5.50. The Labute approximate surface area is 191 Å². The van der Waals surface area contributed by atoms with Crippen LogP contribution >= 0.6 is 0 Å². The van der Waals surface area contributed by atoms with Crippen LogP contribution in [0.1, 0.15) is 53.6 Å². The first-order chi connectivity index (χ1) is 16.2. The number of nitrogens with one attached hydrogen (secondary N) is 1. The molecule has 1 N–H and O–H groups in total. The third-order valence-corrected chi connectivity index (χ3v) is 7.56. The highest BCUT2D eigenvalue weighted by atomic mass is 16.2. The Morgan fingerprint density at radius 3 is 2.76 bits per heavy atom. The second-order valence-corrected chi connectivity index (χ2v) is 9.72. The molecule has 2 fully saturated rings. The van der Waals surface area contributed by atoms with Gasteiger partial charge in [-0.1, -0.05) is 18.2 Å². The third-order valence-electron chi connectivity index (χ3n) is 7.56. The van der Waals surface area contributed by atoms with Crippen molar-refractivity contribution in [3.8, 4) is 0 Å². The minimum absolute atomic E-state index is 0.131. The molecule has 4 heterocycles. The fourth-order valence-electron chi connectivity index (χ4n) is 5.50. The van der Waals surface area contributed by atoms with Gasteiger partial charge >= 0.3 is 0 Å². The smallest absolute Gasteiger partial charge is 0.287 e. The SMILES string of the molecule is Cn1c(C(=O)NCC2CC2)nc2c(N3CCC(n4c5c(c6ccccc64)C5)CC3)ncnc21. The molecule has 8 nitrogen and oxygen atoms in total. The van der Waals surface area contributed by atoms with Crippen molar-refractivity contribution in [3.05, 3.63) is 47.7 Å². The van der Waals surface area contributed by atoms with Gasteiger partial charge in [0.05, 0.1) is 0 Å². The molecule has 4 aromatic rings. The molecule has 0 spiro atoms. The van der Waals surface area contributed by atoms with Crippen LogP contribution in [0.4, 0.5) is 5.82 Å². The number of benzene rings is 1. The van der Waals surface area contributed by atoms with Gasteiger partial charge in [-0.15, -0.1) is 0 Å². The van der Waals surface area contributed by atoms with Gasteiger partial charge < -0.3 is 19.4 Å². The molecule has 2 aliphatic carbocycles. The number of aryl methyl sites for hydroxylation is 1. The van der Waals surface area contributed by atoms with Gasteiger partial charge in [-0.05, 0) is 43.2 Å². The number of fused-ring (bicyclic) bond motifs is 4. The van der Waals surface area contributed by atoms with Crippen LogP contribution in [-0.2, 0) is 13.5 Å². The minimum atomic E-state index is -0.131. The highest BCUT2D eigenvalue weighted by Crippen LogP contribution is 2.43. The number of amides is 1. The summed E-state index contributed by atoms with van der Waals surface area (Å²) in [5.41, 5.74) is 5.86. The maximum Gasteiger partial charge on any atom is 0.287 e. The number of imidazole rings is 1. The first-order valence-electron chi connectivity index (χ1n) is 12.0. The molecule has 1 amide bonds. The maximum absolute atomic E-state index is 12.7. The molecule has 1 saturated carbocycles.